The maximum atomic E-state index is 11.9. The van der Waals surface area contributed by atoms with E-state index in [-0.39, 0.29) is 19.3 Å². The molecule has 0 N–H and O–H groups in total. The van der Waals surface area contributed by atoms with E-state index in [0.29, 0.717) is 12.8 Å². The first kappa shape index (κ1) is 20.3. The second-order valence-corrected chi connectivity index (χ2v) is 8.83. The quantitative estimate of drug-likeness (QED) is 0.570. The molecule has 0 saturated carbocycles. The SMILES string of the molecule is CCC(CC)(CCP(=O)([O-])[O-])C(CC)(CC)P(=O)([O-])[O-]. The topological polar surface area (TPSA) is 126 Å². The number of hydrogen-bond donors (Lipinski definition) is 0. The van der Waals surface area contributed by atoms with Crippen LogP contribution in [0, 0.1) is 5.41 Å². The van der Waals surface area contributed by atoms with Crippen molar-refractivity contribution in [3.63, 3.8) is 0 Å². The zero-order chi connectivity index (χ0) is 16.2. The van der Waals surface area contributed by atoms with E-state index in [1.165, 1.54) is 0 Å². The molecule has 0 aliphatic heterocycles. The molecule has 0 aliphatic rings. The monoisotopic (exact) mass is 326 g/mol. The molecule has 0 rings (SSSR count). The first-order valence-corrected chi connectivity index (χ1v) is 10.3. The Morgan fingerprint density at radius 1 is 0.800 bits per heavy atom. The lowest BCUT2D eigenvalue weighted by Crippen LogP contribution is -2.52. The third-order valence-electron chi connectivity index (χ3n) is 4.90. The lowest BCUT2D eigenvalue weighted by molar-refractivity contribution is -0.326. The van der Waals surface area contributed by atoms with Gasteiger partial charge in [0.25, 0.3) is 0 Å². The van der Waals surface area contributed by atoms with Crippen LogP contribution in [0.4, 0.5) is 0 Å². The van der Waals surface area contributed by atoms with Crippen LogP contribution in [-0.4, -0.2) is 11.3 Å². The van der Waals surface area contributed by atoms with Gasteiger partial charge in [0.15, 0.2) is 0 Å². The van der Waals surface area contributed by atoms with E-state index >= 15 is 0 Å². The molecule has 0 aromatic carbocycles. The van der Waals surface area contributed by atoms with Crippen molar-refractivity contribution < 1.29 is 28.7 Å². The summed E-state index contributed by atoms with van der Waals surface area (Å²) in [5.74, 6) is 0. The van der Waals surface area contributed by atoms with Gasteiger partial charge in [0.05, 0.1) is 0 Å². The molecule has 0 aromatic rings. The predicted molar refractivity (Wildman–Crippen MR) is 71.0 cm³/mol. The highest BCUT2D eigenvalue weighted by Crippen LogP contribution is 2.62. The maximum absolute atomic E-state index is 11.9. The lowest BCUT2D eigenvalue weighted by atomic mass is 9.66. The molecule has 0 saturated heterocycles. The number of hydrogen-bond acceptors (Lipinski definition) is 6. The minimum absolute atomic E-state index is 0.0829. The molecule has 0 heterocycles. The smallest absolute Gasteiger partial charge is 0.00314 e. The van der Waals surface area contributed by atoms with E-state index in [1.54, 1.807) is 27.7 Å². The molecule has 8 heteroatoms. The molecule has 0 unspecified atom stereocenters. The van der Waals surface area contributed by atoms with E-state index < -0.39 is 31.9 Å². The number of rotatable bonds is 9. The fourth-order valence-corrected chi connectivity index (χ4v) is 6.01. The highest BCUT2D eigenvalue weighted by atomic mass is 31.2. The molecule has 20 heavy (non-hydrogen) atoms. The highest BCUT2D eigenvalue weighted by molar-refractivity contribution is 7.50. The molecule has 0 aromatic heterocycles. The van der Waals surface area contributed by atoms with Crippen LogP contribution in [0.15, 0.2) is 0 Å². The van der Waals surface area contributed by atoms with Crippen LogP contribution in [-0.2, 0) is 9.13 Å². The molecule has 122 valence electrons. The summed E-state index contributed by atoms with van der Waals surface area (Å²) in [4.78, 5) is 45.5. The van der Waals surface area contributed by atoms with Gasteiger partial charge < -0.3 is 28.7 Å². The molecule has 0 radical (unpaired) electrons. The normalized spacial score (nSPS) is 14.6. The summed E-state index contributed by atoms with van der Waals surface area (Å²) in [5, 5.41) is -1.50. The Balaban J connectivity index is 5.83. The van der Waals surface area contributed by atoms with Crippen LogP contribution < -0.4 is 19.6 Å². The van der Waals surface area contributed by atoms with Crippen molar-refractivity contribution in [2.75, 3.05) is 6.16 Å². The zero-order valence-corrected chi connectivity index (χ0v) is 14.4. The van der Waals surface area contributed by atoms with Gasteiger partial charge in [-0.1, -0.05) is 42.9 Å². The Bertz CT molecular complexity index is 389. The molecular weight excluding hydrogens is 302 g/mol. The molecule has 0 spiro atoms. The maximum Gasteiger partial charge on any atom is 0.00314 e. The third-order valence-corrected chi connectivity index (χ3v) is 7.83. The van der Waals surface area contributed by atoms with Gasteiger partial charge in [-0.3, -0.25) is 0 Å². The Morgan fingerprint density at radius 3 is 1.40 bits per heavy atom. The van der Waals surface area contributed by atoms with Gasteiger partial charge in [-0.25, -0.2) is 0 Å². The van der Waals surface area contributed by atoms with Crippen LogP contribution in [0.1, 0.15) is 59.8 Å². The molecule has 0 aliphatic carbocycles. The summed E-state index contributed by atoms with van der Waals surface area (Å²) in [6, 6.07) is 0. The van der Waals surface area contributed by atoms with E-state index in [1.807, 2.05) is 0 Å². The van der Waals surface area contributed by atoms with Gasteiger partial charge in [-0.15, -0.1) is 0 Å². The Morgan fingerprint density at radius 2 is 1.20 bits per heavy atom. The zero-order valence-electron chi connectivity index (χ0n) is 12.6. The first-order valence-electron chi connectivity index (χ1n) is 6.98. The van der Waals surface area contributed by atoms with Gasteiger partial charge in [-0.2, -0.15) is 0 Å². The van der Waals surface area contributed by atoms with Gasteiger partial charge in [0, 0.05) is 5.16 Å². The Labute approximate surface area is 121 Å². The van der Waals surface area contributed by atoms with Crippen LogP contribution in [0.25, 0.3) is 0 Å². The van der Waals surface area contributed by atoms with E-state index in [9.17, 15) is 28.7 Å². The molecule has 0 atom stereocenters. The highest BCUT2D eigenvalue weighted by Gasteiger charge is 2.48. The Hall–Kier alpha value is 0.300. The minimum Gasteiger partial charge on any atom is -0.811 e. The minimum atomic E-state index is -4.94. The fourth-order valence-electron chi connectivity index (χ4n) is 3.52. The average molecular weight is 326 g/mol. The lowest BCUT2D eigenvalue weighted by Gasteiger charge is -2.61. The standard InChI is InChI=1S/C12H28O6P2/c1-5-11(6-2,9-10-19(13,14)15)12(7-3,8-4)20(16,17)18/h5-10H2,1-4H3,(H2,13,14,15)(H2,16,17,18)/p-4. The summed E-state index contributed by atoms with van der Waals surface area (Å²) in [6.45, 7) is 6.72. The molecule has 0 bridgehead atoms. The van der Waals surface area contributed by atoms with Crippen molar-refractivity contribution in [2.24, 2.45) is 5.41 Å². The van der Waals surface area contributed by atoms with Gasteiger partial charge >= 0.3 is 0 Å². The van der Waals surface area contributed by atoms with Crippen LogP contribution >= 0.6 is 15.2 Å². The first-order chi connectivity index (χ1) is 8.95. The predicted octanol–water partition coefficient (Wildman–Crippen LogP) is 0.569. The van der Waals surface area contributed by atoms with Crippen LogP contribution in [0.3, 0.4) is 0 Å². The van der Waals surface area contributed by atoms with Gasteiger partial charge in [0.1, 0.15) is 0 Å². The van der Waals surface area contributed by atoms with Crippen molar-refractivity contribution >= 4 is 15.2 Å². The van der Waals surface area contributed by atoms with Crippen molar-refractivity contribution in [2.45, 2.75) is 65.0 Å². The van der Waals surface area contributed by atoms with E-state index in [4.69, 9.17) is 0 Å². The van der Waals surface area contributed by atoms with Crippen molar-refractivity contribution in [3.05, 3.63) is 0 Å². The summed E-state index contributed by atoms with van der Waals surface area (Å²) in [7, 11) is -9.66. The second kappa shape index (κ2) is 7.04. The molecule has 0 amide bonds. The van der Waals surface area contributed by atoms with Crippen LogP contribution in [0.5, 0.6) is 0 Å². The summed E-state index contributed by atoms with van der Waals surface area (Å²) in [6.07, 6.45) is 0.241. The third kappa shape index (κ3) is 3.94. The molecule has 0 fully saturated rings. The van der Waals surface area contributed by atoms with Gasteiger partial charge in [0.2, 0.25) is 0 Å². The summed E-state index contributed by atoms with van der Waals surface area (Å²) in [5.41, 5.74) is -0.972. The fraction of sp³-hybridized carbons (Fsp3) is 1.00. The van der Waals surface area contributed by atoms with Crippen LogP contribution in [0.2, 0.25) is 0 Å². The summed E-state index contributed by atoms with van der Waals surface area (Å²) < 4.78 is 22.8. The average Bonchev–Trinajstić information content (AvgIpc) is 2.32. The largest absolute Gasteiger partial charge is 0.811 e. The molecular formula is C12H24O6P2-4. The van der Waals surface area contributed by atoms with Crippen molar-refractivity contribution in [3.8, 4) is 0 Å². The van der Waals surface area contributed by atoms with Gasteiger partial charge in [-0.05, 0) is 43.7 Å². The summed E-state index contributed by atoms with van der Waals surface area (Å²) >= 11 is 0. The van der Waals surface area contributed by atoms with E-state index in [0.717, 1.165) is 0 Å². The molecule has 6 nitrogen and oxygen atoms in total. The van der Waals surface area contributed by atoms with Crippen molar-refractivity contribution in [1.82, 2.24) is 0 Å². The van der Waals surface area contributed by atoms with E-state index in [2.05, 4.69) is 0 Å². The second-order valence-electron chi connectivity index (χ2n) is 5.31. The Kier molecular flexibility index (Phi) is 7.15. The van der Waals surface area contributed by atoms with Crippen molar-refractivity contribution in [1.29, 1.82) is 0 Å².